The largest absolute Gasteiger partial charge is 0.303 e. The molecule has 0 spiro atoms. The van der Waals surface area contributed by atoms with Gasteiger partial charge in [-0.25, -0.2) is 0 Å². The number of hydrogen-bond acceptors (Lipinski definition) is 2. The number of rotatable bonds is 4. The highest BCUT2D eigenvalue weighted by molar-refractivity contribution is 5.60. The SMILES string of the molecule is CC1CCC(C=O)(CN2CCCC2C2CCCC2)CC1. The standard InChI is InChI=1S/C18H31NO/c1-15-8-10-18(14-20,11-9-15)13-19-12-4-7-17(19)16-5-2-3-6-16/h14-17H,2-13H2,1H3. The first-order valence-electron chi connectivity index (χ1n) is 8.93. The van der Waals surface area contributed by atoms with Crippen molar-refractivity contribution in [2.24, 2.45) is 17.3 Å². The van der Waals surface area contributed by atoms with E-state index >= 15 is 0 Å². The van der Waals surface area contributed by atoms with E-state index in [0.29, 0.717) is 0 Å². The van der Waals surface area contributed by atoms with Crippen LogP contribution in [-0.4, -0.2) is 30.3 Å². The highest BCUT2D eigenvalue weighted by Gasteiger charge is 2.40. The molecular weight excluding hydrogens is 246 g/mol. The number of likely N-dealkylation sites (tertiary alicyclic amines) is 1. The first-order valence-corrected chi connectivity index (χ1v) is 8.93. The second-order valence-corrected chi connectivity index (χ2v) is 7.89. The van der Waals surface area contributed by atoms with Crippen LogP contribution in [0.5, 0.6) is 0 Å². The lowest BCUT2D eigenvalue weighted by Gasteiger charge is -2.40. The number of nitrogens with zero attached hydrogens (tertiary/aromatic N) is 1. The third-order valence-electron chi connectivity index (χ3n) is 6.40. The lowest BCUT2D eigenvalue weighted by atomic mass is 9.71. The van der Waals surface area contributed by atoms with E-state index in [1.54, 1.807) is 0 Å². The van der Waals surface area contributed by atoms with Crippen molar-refractivity contribution in [3.63, 3.8) is 0 Å². The van der Waals surface area contributed by atoms with Crippen molar-refractivity contribution in [3.8, 4) is 0 Å². The van der Waals surface area contributed by atoms with Crippen molar-refractivity contribution < 1.29 is 4.79 Å². The van der Waals surface area contributed by atoms with Crippen LogP contribution in [0.4, 0.5) is 0 Å². The molecule has 0 aromatic rings. The number of carbonyl (C=O) groups excluding carboxylic acids is 1. The summed E-state index contributed by atoms with van der Waals surface area (Å²) in [7, 11) is 0. The highest BCUT2D eigenvalue weighted by Crippen LogP contribution is 2.41. The zero-order chi connectivity index (χ0) is 14.0. The first kappa shape index (κ1) is 14.6. The van der Waals surface area contributed by atoms with Crippen LogP contribution in [0.1, 0.15) is 71.1 Å². The molecule has 0 radical (unpaired) electrons. The highest BCUT2D eigenvalue weighted by atomic mass is 16.1. The lowest BCUT2D eigenvalue weighted by Crippen LogP contribution is -2.45. The Morgan fingerprint density at radius 1 is 1.05 bits per heavy atom. The summed E-state index contributed by atoms with van der Waals surface area (Å²) in [5.74, 6) is 1.76. The normalized spacial score (nSPS) is 40.2. The Labute approximate surface area is 124 Å². The topological polar surface area (TPSA) is 20.3 Å². The van der Waals surface area contributed by atoms with Crippen LogP contribution in [-0.2, 0) is 4.79 Å². The molecule has 0 aromatic carbocycles. The van der Waals surface area contributed by atoms with Gasteiger partial charge in [0.05, 0.1) is 0 Å². The van der Waals surface area contributed by atoms with Crippen LogP contribution < -0.4 is 0 Å². The molecule has 1 aliphatic heterocycles. The van der Waals surface area contributed by atoms with Crippen LogP contribution in [0.3, 0.4) is 0 Å². The molecule has 2 aliphatic carbocycles. The summed E-state index contributed by atoms with van der Waals surface area (Å²) in [5.41, 5.74) is -0.00625. The molecule has 0 amide bonds. The molecule has 3 aliphatic rings. The maximum Gasteiger partial charge on any atom is 0.127 e. The Balaban J connectivity index is 1.64. The van der Waals surface area contributed by atoms with Gasteiger partial charge in [-0.1, -0.05) is 19.8 Å². The first-order chi connectivity index (χ1) is 9.72. The van der Waals surface area contributed by atoms with E-state index < -0.39 is 0 Å². The van der Waals surface area contributed by atoms with Crippen molar-refractivity contribution in [1.82, 2.24) is 4.90 Å². The Bertz CT molecular complexity index is 326. The molecule has 20 heavy (non-hydrogen) atoms. The van der Waals surface area contributed by atoms with Crippen molar-refractivity contribution in [2.45, 2.75) is 77.2 Å². The van der Waals surface area contributed by atoms with Crippen molar-refractivity contribution in [3.05, 3.63) is 0 Å². The van der Waals surface area contributed by atoms with E-state index in [4.69, 9.17) is 0 Å². The zero-order valence-electron chi connectivity index (χ0n) is 13.2. The van der Waals surface area contributed by atoms with Gasteiger partial charge in [-0.3, -0.25) is 4.90 Å². The lowest BCUT2D eigenvalue weighted by molar-refractivity contribution is -0.120. The maximum absolute atomic E-state index is 11.8. The summed E-state index contributed by atoms with van der Waals surface area (Å²) < 4.78 is 0. The number of hydrogen-bond donors (Lipinski definition) is 0. The third kappa shape index (κ3) is 2.95. The minimum absolute atomic E-state index is 0.00625. The van der Waals surface area contributed by atoms with Gasteiger partial charge in [-0.15, -0.1) is 0 Å². The van der Waals surface area contributed by atoms with Crippen LogP contribution >= 0.6 is 0 Å². The predicted octanol–water partition coefficient (Wildman–Crippen LogP) is 4.04. The molecule has 2 heteroatoms. The maximum atomic E-state index is 11.8. The Hall–Kier alpha value is -0.370. The van der Waals surface area contributed by atoms with Crippen molar-refractivity contribution >= 4 is 6.29 Å². The molecule has 114 valence electrons. The summed E-state index contributed by atoms with van der Waals surface area (Å²) in [6.45, 7) is 4.64. The monoisotopic (exact) mass is 277 g/mol. The van der Waals surface area contributed by atoms with Gasteiger partial charge >= 0.3 is 0 Å². The molecule has 1 saturated heterocycles. The van der Waals surface area contributed by atoms with E-state index in [9.17, 15) is 4.79 Å². The Morgan fingerprint density at radius 3 is 2.40 bits per heavy atom. The molecular formula is C18H31NO. The second kappa shape index (κ2) is 6.17. The van der Waals surface area contributed by atoms with E-state index in [1.165, 1.54) is 64.2 Å². The number of aldehydes is 1. The van der Waals surface area contributed by atoms with E-state index in [0.717, 1.165) is 37.3 Å². The second-order valence-electron chi connectivity index (χ2n) is 7.89. The van der Waals surface area contributed by atoms with Gasteiger partial charge in [0.1, 0.15) is 6.29 Å². The summed E-state index contributed by atoms with van der Waals surface area (Å²) >= 11 is 0. The molecule has 0 N–H and O–H groups in total. The van der Waals surface area contributed by atoms with Gasteiger partial charge in [-0.2, -0.15) is 0 Å². The molecule has 2 nitrogen and oxygen atoms in total. The van der Waals surface area contributed by atoms with Gasteiger partial charge in [-0.05, 0) is 69.7 Å². The number of carbonyl (C=O) groups is 1. The fourth-order valence-electron chi connectivity index (χ4n) is 4.98. The molecule has 3 fully saturated rings. The van der Waals surface area contributed by atoms with Gasteiger partial charge in [0.25, 0.3) is 0 Å². The fourth-order valence-corrected chi connectivity index (χ4v) is 4.98. The van der Waals surface area contributed by atoms with Crippen LogP contribution in [0.25, 0.3) is 0 Å². The van der Waals surface area contributed by atoms with E-state index in [2.05, 4.69) is 11.8 Å². The van der Waals surface area contributed by atoms with Crippen molar-refractivity contribution in [2.75, 3.05) is 13.1 Å². The van der Waals surface area contributed by atoms with E-state index in [-0.39, 0.29) is 5.41 Å². The molecule has 0 bridgehead atoms. The Morgan fingerprint density at radius 2 is 1.75 bits per heavy atom. The zero-order valence-corrected chi connectivity index (χ0v) is 13.2. The molecule has 0 aromatic heterocycles. The van der Waals surface area contributed by atoms with Gasteiger partial charge < -0.3 is 4.79 Å². The van der Waals surface area contributed by atoms with Crippen LogP contribution in [0, 0.1) is 17.3 Å². The fraction of sp³-hybridized carbons (Fsp3) is 0.944. The minimum atomic E-state index is -0.00625. The Kier molecular flexibility index (Phi) is 4.49. The van der Waals surface area contributed by atoms with Gasteiger partial charge in [0.2, 0.25) is 0 Å². The molecule has 2 saturated carbocycles. The smallest absolute Gasteiger partial charge is 0.127 e. The quantitative estimate of drug-likeness (QED) is 0.723. The summed E-state index contributed by atoms with van der Waals surface area (Å²) in [6, 6.07) is 0.800. The molecule has 3 rings (SSSR count). The van der Waals surface area contributed by atoms with Gasteiger partial charge in [0, 0.05) is 18.0 Å². The van der Waals surface area contributed by atoms with Crippen LogP contribution in [0.2, 0.25) is 0 Å². The van der Waals surface area contributed by atoms with Gasteiger partial charge in [0.15, 0.2) is 0 Å². The molecule has 1 unspecified atom stereocenters. The minimum Gasteiger partial charge on any atom is -0.303 e. The van der Waals surface area contributed by atoms with Crippen LogP contribution in [0.15, 0.2) is 0 Å². The summed E-state index contributed by atoms with van der Waals surface area (Å²) in [6.07, 6.45) is 14.6. The third-order valence-corrected chi connectivity index (χ3v) is 6.40. The van der Waals surface area contributed by atoms with E-state index in [1.807, 2.05) is 0 Å². The summed E-state index contributed by atoms with van der Waals surface area (Å²) in [5, 5.41) is 0. The van der Waals surface area contributed by atoms with Crippen molar-refractivity contribution in [1.29, 1.82) is 0 Å². The molecule has 1 atom stereocenters. The predicted molar refractivity (Wildman–Crippen MR) is 82.7 cm³/mol. The average Bonchev–Trinajstić information content (AvgIpc) is 3.12. The average molecular weight is 277 g/mol. The summed E-state index contributed by atoms with van der Waals surface area (Å²) in [4.78, 5) is 14.5. The molecule has 1 heterocycles.